The van der Waals surface area contributed by atoms with Crippen LogP contribution < -0.4 is 0 Å². The molecule has 6 heteroatoms. The van der Waals surface area contributed by atoms with Crippen molar-refractivity contribution in [2.75, 3.05) is 32.8 Å². The largest absolute Gasteiger partial charge is 0.389 e. The summed E-state index contributed by atoms with van der Waals surface area (Å²) in [6.45, 7) is 8.88. The first kappa shape index (κ1) is 20.1. The maximum atomic E-state index is 11.7. The third-order valence-corrected chi connectivity index (χ3v) is 5.11. The Hall–Kier alpha value is 0.0700. The summed E-state index contributed by atoms with van der Waals surface area (Å²) in [4.78, 5) is 2.14. The molecule has 0 amide bonds. The zero-order valence-corrected chi connectivity index (χ0v) is 15.5. The molecule has 0 aromatic carbocycles. The molecule has 0 bridgehead atoms. The molecule has 0 aromatic heterocycles. The molecule has 0 aliphatic carbocycles. The fourth-order valence-electron chi connectivity index (χ4n) is 2.92. The number of likely N-dealkylation sites (tertiary alicyclic amines) is 1. The number of hydrogen-bond donors (Lipinski definition) is 2. The van der Waals surface area contributed by atoms with Gasteiger partial charge in [-0.3, -0.25) is 4.90 Å². The number of piperidine rings is 1. The highest BCUT2D eigenvalue weighted by molar-refractivity contribution is 7.62. The summed E-state index contributed by atoms with van der Waals surface area (Å²) in [5.41, 5.74) is 0. The molecule has 5 nitrogen and oxygen atoms in total. The molecule has 0 radical (unpaired) electrons. The van der Waals surface area contributed by atoms with Crippen LogP contribution in [-0.2, 0) is 9.30 Å². The molecule has 1 aliphatic heterocycles. The lowest BCUT2D eigenvalue weighted by molar-refractivity contribution is -0.150. The summed E-state index contributed by atoms with van der Waals surface area (Å²) >= 11 is 0. The van der Waals surface area contributed by atoms with E-state index >= 15 is 0 Å². The molecular formula is C16H34NO4P. The first-order valence-electron chi connectivity index (χ1n) is 8.52. The number of rotatable bonds is 9. The van der Waals surface area contributed by atoms with Crippen molar-refractivity contribution in [1.82, 2.24) is 4.90 Å². The predicted molar refractivity (Wildman–Crippen MR) is 91.0 cm³/mol. The second-order valence-corrected chi connectivity index (χ2v) is 10.4. The van der Waals surface area contributed by atoms with E-state index in [1.165, 1.54) is 25.7 Å². The maximum Gasteiger partial charge on any atom is 0.113 e. The zero-order chi connectivity index (χ0) is 16.8. The molecule has 2 N–H and O–H groups in total. The Morgan fingerprint density at radius 1 is 1.18 bits per heavy atom. The lowest BCUT2D eigenvalue weighted by Gasteiger charge is -2.44. The van der Waals surface area contributed by atoms with E-state index in [9.17, 15) is 14.8 Å². The SMILES string of the molecule is CCCCCCCN1C[C@H](O)[C@@H](OCP(C)(C)=O)[C@@H](O)[C@H]1C. The van der Waals surface area contributed by atoms with E-state index in [1.807, 2.05) is 6.92 Å². The minimum atomic E-state index is -2.31. The Balaban J connectivity index is 2.44. The lowest BCUT2D eigenvalue weighted by Crippen LogP contribution is -2.61. The van der Waals surface area contributed by atoms with Crippen LogP contribution in [-0.4, -0.2) is 72.2 Å². The molecule has 22 heavy (non-hydrogen) atoms. The number of unbranched alkanes of at least 4 members (excludes halogenated alkanes) is 4. The second-order valence-electron chi connectivity index (χ2n) is 7.04. The molecule has 1 aliphatic rings. The van der Waals surface area contributed by atoms with Gasteiger partial charge in [0.05, 0.1) is 18.6 Å². The van der Waals surface area contributed by atoms with Gasteiger partial charge in [0.2, 0.25) is 0 Å². The summed E-state index contributed by atoms with van der Waals surface area (Å²) in [5, 5.41) is 20.6. The number of ether oxygens (including phenoxy) is 1. The van der Waals surface area contributed by atoms with Crippen LogP contribution in [0.15, 0.2) is 0 Å². The highest BCUT2D eigenvalue weighted by Crippen LogP contribution is 2.37. The fourth-order valence-corrected chi connectivity index (χ4v) is 3.45. The minimum Gasteiger partial charge on any atom is -0.389 e. The molecule has 1 saturated heterocycles. The van der Waals surface area contributed by atoms with E-state index in [-0.39, 0.29) is 12.4 Å². The standard InChI is InChI=1S/C16H34NO4P/c1-5-6-7-8-9-10-17-11-14(18)16(15(19)13(17)2)21-12-22(3,4)20/h13-16,18-19H,5-12H2,1-4H3/t13-,14+,15+,16-/m1/s1. The van der Waals surface area contributed by atoms with Gasteiger partial charge in [0.1, 0.15) is 13.2 Å². The number of nitrogens with zero attached hydrogens (tertiary/aromatic N) is 1. The van der Waals surface area contributed by atoms with E-state index in [1.54, 1.807) is 13.3 Å². The molecule has 0 aromatic rings. The molecular weight excluding hydrogens is 301 g/mol. The summed E-state index contributed by atoms with van der Waals surface area (Å²) in [7, 11) is -2.31. The van der Waals surface area contributed by atoms with Crippen molar-refractivity contribution in [3.05, 3.63) is 0 Å². The quantitative estimate of drug-likeness (QED) is 0.500. The Labute approximate surface area is 135 Å². The van der Waals surface area contributed by atoms with E-state index in [0.717, 1.165) is 13.0 Å². The van der Waals surface area contributed by atoms with Crippen LogP contribution in [0.4, 0.5) is 0 Å². The lowest BCUT2D eigenvalue weighted by atomic mass is 9.94. The maximum absolute atomic E-state index is 11.7. The molecule has 0 saturated carbocycles. The highest BCUT2D eigenvalue weighted by atomic mass is 31.2. The fraction of sp³-hybridized carbons (Fsp3) is 1.00. The smallest absolute Gasteiger partial charge is 0.113 e. The number of aliphatic hydroxyl groups excluding tert-OH is 2. The van der Waals surface area contributed by atoms with Crippen LogP contribution in [0.25, 0.3) is 0 Å². The average molecular weight is 335 g/mol. The van der Waals surface area contributed by atoms with Gasteiger partial charge in [-0.2, -0.15) is 0 Å². The van der Waals surface area contributed by atoms with Gasteiger partial charge < -0.3 is 19.5 Å². The van der Waals surface area contributed by atoms with E-state index in [0.29, 0.717) is 6.54 Å². The minimum absolute atomic E-state index is 0.0485. The first-order chi connectivity index (χ1) is 10.3. The monoisotopic (exact) mass is 335 g/mol. The van der Waals surface area contributed by atoms with Crippen molar-refractivity contribution < 1.29 is 19.5 Å². The second kappa shape index (κ2) is 9.39. The van der Waals surface area contributed by atoms with Crippen LogP contribution in [0.1, 0.15) is 46.0 Å². The third kappa shape index (κ3) is 6.67. The van der Waals surface area contributed by atoms with Crippen LogP contribution in [0.5, 0.6) is 0 Å². The summed E-state index contributed by atoms with van der Waals surface area (Å²) < 4.78 is 17.3. The zero-order valence-electron chi connectivity index (χ0n) is 14.6. The predicted octanol–water partition coefficient (Wildman–Crippen LogP) is 2.35. The molecule has 0 spiro atoms. The van der Waals surface area contributed by atoms with Gasteiger partial charge in [-0.05, 0) is 33.2 Å². The van der Waals surface area contributed by atoms with Gasteiger partial charge >= 0.3 is 0 Å². The Morgan fingerprint density at radius 3 is 2.41 bits per heavy atom. The normalized spacial score (nSPS) is 30.6. The van der Waals surface area contributed by atoms with Gasteiger partial charge in [-0.25, -0.2) is 0 Å². The summed E-state index contributed by atoms with van der Waals surface area (Å²) in [5.74, 6) is 0. The van der Waals surface area contributed by atoms with Gasteiger partial charge in [0.15, 0.2) is 0 Å². The van der Waals surface area contributed by atoms with Crippen LogP contribution in [0.2, 0.25) is 0 Å². The summed E-state index contributed by atoms with van der Waals surface area (Å²) in [6, 6.07) is -0.0485. The molecule has 0 unspecified atom stereocenters. The molecule has 1 fully saturated rings. The Morgan fingerprint density at radius 2 is 1.82 bits per heavy atom. The van der Waals surface area contributed by atoms with Crippen molar-refractivity contribution in [2.24, 2.45) is 0 Å². The number of aliphatic hydroxyl groups is 2. The van der Waals surface area contributed by atoms with Crippen molar-refractivity contribution in [2.45, 2.75) is 70.3 Å². The average Bonchev–Trinajstić information content (AvgIpc) is 2.42. The Kier molecular flexibility index (Phi) is 8.58. The van der Waals surface area contributed by atoms with Crippen LogP contribution in [0, 0.1) is 0 Å². The van der Waals surface area contributed by atoms with E-state index in [2.05, 4.69) is 11.8 Å². The van der Waals surface area contributed by atoms with E-state index < -0.39 is 25.5 Å². The first-order valence-corrected chi connectivity index (χ1v) is 11.3. The topological polar surface area (TPSA) is 70.0 Å². The highest BCUT2D eigenvalue weighted by Gasteiger charge is 2.40. The van der Waals surface area contributed by atoms with Gasteiger partial charge in [-0.1, -0.05) is 32.6 Å². The molecule has 1 rings (SSSR count). The van der Waals surface area contributed by atoms with E-state index in [4.69, 9.17) is 4.74 Å². The number of hydrogen-bond acceptors (Lipinski definition) is 5. The van der Waals surface area contributed by atoms with Crippen molar-refractivity contribution in [3.63, 3.8) is 0 Å². The molecule has 1 heterocycles. The van der Waals surface area contributed by atoms with Gasteiger partial charge in [-0.15, -0.1) is 0 Å². The third-order valence-electron chi connectivity index (χ3n) is 4.33. The van der Waals surface area contributed by atoms with Gasteiger partial charge in [0.25, 0.3) is 0 Å². The van der Waals surface area contributed by atoms with Crippen molar-refractivity contribution in [3.8, 4) is 0 Å². The molecule has 132 valence electrons. The van der Waals surface area contributed by atoms with Gasteiger partial charge in [0, 0.05) is 12.6 Å². The summed E-state index contributed by atoms with van der Waals surface area (Å²) in [6.07, 6.45) is 4.03. The number of β-amino-alcohol motifs (C(OH)–C–C–N with tert-alkyl or cyclic N) is 1. The van der Waals surface area contributed by atoms with Crippen molar-refractivity contribution >= 4 is 7.14 Å². The Bertz CT molecular complexity index is 360. The van der Waals surface area contributed by atoms with Crippen LogP contribution >= 0.6 is 7.14 Å². The van der Waals surface area contributed by atoms with Crippen LogP contribution in [0.3, 0.4) is 0 Å². The van der Waals surface area contributed by atoms with Crippen molar-refractivity contribution in [1.29, 1.82) is 0 Å². The molecule has 4 atom stereocenters.